The lowest BCUT2D eigenvalue weighted by Crippen LogP contribution is -1.89. The van der Waals surface area contributed by atoms with Crippen LogP contribution in [0, 0.1) is 0 Å². The fourth-order valence-electron chi connectivity index (χ4n) is 0.924. The summed E-state index contributed by atoms with van der Waals surface area (Å²) in [6.45, 7) is 1.91. The maximum atomic E-state index is 9.20. The first kappa shape index (κ1) is 7.72. The lowest BCUT2D eigenvalue weighted by molar-refractivity contribution is 0.448. The average molecular weight is 153 g/mol. The Labute approximate surface area is 65.1 Å². The van der Waals surface area contributed by atoms with Crippen molar-refractivity contribution >= 4 is 5.69 Å². The molecular formula is C8H11NO2. The van der Waals surface area contributed by atoms with Crippen LogP contribution in [0.4, 0.5) is 5.69 Å². The minimum Gasteiger partial charge on any atom is -0.508 e. The van der Waals surface area contributed by atoms with Gasteiger partial charge in [-0.3, -0.25) is 0 Å². The topological polar surface area (TPSA) is 66.5 Å². The zero-order chi connectivity index (χ0) is 8.43. The molecule has 3 heteroatoms. The molecule has 0 fully saturated rings. The first-order chi connectivity index (χ1) is 5.15. The molecule has 11 heavy (non-hydrogen) atoms. The average Bonchev–Trinajstić information content (AvgIpc) is 1.97. The summed E-state index contributed by atoms with van der Waals surface area (Å²) < 4.78 is 0. The van der Waals surface area contributed by atoms with Crippen LogP contribution in [0.5, 0.6) is 11.5 Å². The van der Waals surface area contributed by atoms with Crippen molar-refractivity contribution in [2.24, 2.45) is 0 Å². The van der Waals surface area contributed by atoms with Gasteiger partial charge >= 0.3 is 0 Å². The van der Waals surface area contributed by atoms with Crippen LogP contribution in [0.15, 0.2) is 12.1 Å². The van der Waals surface area contributed by atoms with Gasteiger partial charge in [-0.05, 0) is 18.1 Å². The molecule has 0 saturated carbocycles. The van der Waals surface area contributed by atoms with Gasteiger partial charge in [-0.1, -0.05) is 6.92 Å². The summed E-state index contributed by atoms with van der Waals surface area (Å²) in [6, 6.07) is 2.83. The summed E-state index contributed by atoms with van der Waals surface area (Å²) in [5, 5.41) is 18.2. The van der Waals surface area contributed by atoms with Gasteiger partial charge in [-0.25, -0.2) is 0 Å². The Kier molecular flexibility index (Phi) is 1.89. The number of aromatic hydroxyl groups is 2. The Morgan fingerprint density at radius 3 is 2.45 bits per heavy atom. The van der Waals surface area contributed by atoms with E-state index in [0.717, 1.165) is 5.56 Å². The Balaban J connectivity index is 3.21. The molecule has 0 atom stereocenters. The van der Waals surface area contributed by atoms with E-state index in [4.69, 9.17) is 10.8 Å². The molecule has 0 aliphatic carbocycles. The van der Waals surface area contributed by atoms with Gasteiger partial charge in [0, 0.05) is 6.07 Å². The van der Waals surface area contributed by atoms with E-state index in [9.17, 15) is 5.11 Å². The molecule has 60 valence electrons. The maximum absolute atomic E-state index is 9.20. The molecule has 0 aliphatic heterocycles. The highest BCUT2D eigenvalue weighted by Gasteiger charge is 2.03. The number of benzene rings is 1. The van der Waals surface area contributed by atoms with Crippen molar-refractivity contribution in [3.63, 3.8) is 0 Å². The van der Waals surface area contributed by atoms with Crippen molar-refractivity contribution < 1.29 is 10.2 Å². The Morgan fingerprint density at radius 2 is 1.91 bits per heavy atom. The van der Waals surface area contributed by atoms with E-state index in [1.54, 1.807) is 6.07 Å². The van der Waals surface area contributed by atoms with Gasteiger partial charge in [0.2, 0.25) is 0 Å². The van der Waals surface area contributed by atoms with Crippen molar-refractivity contribution in [2.45, 2.75) is 13.3 Å². The van der Waals surface area contributed by atoms with E-state index in [0.29, 0.717) is 12.1 Å². The van der Waals surface area contributed by atoms with Crippen molar-refractivity contribution in [1.29, 1.82) is 0 Å². The van der Waals surface area contributed by atoms with Crippen LogP contribution in [0.3, 0.4) is 0 Å². The van der Waals surface area contributed by atoms with Gasteiger partial charge in [0.15, 0.2) is 0 Å². The Morgan fingerprint density at radius 1 is 1.27 bits per heavy atom. The molecule has 0 amide bonds. The summed E-state index contributed by atoms with van der Waals surface area (Å²) in [5.74, 6) is 0.0268. The molecule has 1 aromatic carbocycles. The summed E-state index contributed by atoms with van der Waals surface area (Å²) >= 11 is 0. The summed E-state index contributed by atoms with van der Waals surface area (Å²) in [6.07, 6.45) is 0.705. The molecular weight excluding hydrogens is 142 g/mol. The molecule has 0 aromatic heterocycles. The number of nitrogen functional groups attached to an aromatic ring is 1. The van der Waals surface area contributed by atoms with E-state index < -0.39 is 0 Å². The first-order valence-corrected chi connectivity index (χ1v) is 3.45. The highest BCUT2D eigenvalue weighted by molar-refractivity contribution is 5.57. The number of hydrogen-bond acceptors (Lipinski definition) is 3. The molecule has 1 aromatic rings. The number of aryl methyl sites for hydroxylation is 1. The van der Waals surface area contributed by atoms with Gasteiger partial charge < -0.3 is 15.9 Å². The van der Waals surface area contributed by atoms with Gasteiger partial charge in [0.25, 0.3) is 0 Å². The van der Waals surface area contributed by atoms with E-state index in [2.05, 4.69) is 0 Å². The van der Waals surface area contributed by atoms with E-state index in [-0.39, 0.29) is 11.5 Å². The van der Waals surface area contributed by atoms with Gasteiger partial charge in [0.05, 0.1) is 5.69 Å². The van der Waals surface area contributed by atoms with Crippen LogP contribution in [-0.4, -0.2) is 10.2 Å². The fourth-order valence-corrected chi connectivity index (χ4v) is 0.924. The highest BCUT2D eigenvalue weighted by Crippen LogP contribution is 2.28. The third kappa shape index (κ3) is 1.37. The Hall–Kier alpha value is -1.38. The Bertz CT molecular complexity index is 271. The number of anilines is 1. The van der Waals surface area contributed by atoms with Crippen LogP contribution >= 0.6 is 0 Å². The smallest absolute Gasteiger partial charge is 0.142 e. The van der Waals surface area contributed by atoms with E-state index in [1.807, 2.05) is 6.92 Å². The van der Waals surface area contributed by atoms with E-state index in [1.165, 1.54) is 6.07 Å². The number of nitrogens with two attached hydrogens (primary N) is 1. The summed E-state index contributed by atoms with van der Waals surface area (Å²) in [7, 11) is 0. The zero-order valence-electron chi connectivity index (χ0n) is 6.33. The van der Waals surface area contributed by atoms with Crippen molar-refractivity contribution in [1.82, 2.24) is 0 Å². The highest BCUT2D eigenvalue weighted by atomic mass is 16.3. The molecule has 0 spiro atoms. The molecule has 0 radical (unpaired) electrons. The number of rotatable bonds is 1. The second-order valence-electron chi connectivity index (χ2n) is 2.39. The minimum absolute atomic E-state index is 0.0697. The molecule has 3 nitrogen and oxygen atoms in total. The third-order valence-corrected chi connectivity index (χ3v) is 1.61. The molecule has 0 bridgehead atoms. The quantitative estimate of drug-likeness (QED) is 0.323. The van der Waals surface area contributed by atoms with Crippen molar-refractivity contribution in [2.75, 3.05) is 5.73 Å². The normalized spacial score (nSPS) is 9.91. The minimum atomic E-state index is -0.0697. The fraction of sp³-hybridized carbons (Fsp3) is 0.250. The van der Waals surface area contributed by atoms with E-state index >= 15 is 0 Å². The third-order valence-electron chi connectivity index (χ3n) is 1.61. The molecule has 0 heterocycles. The predicted octanol–water partition coefficient (Wildman–Crippen LogP) is 1.24. The maximum Gasteiger partial charge on any atom is 0.142 e. The molecule has 0 saturated heterocycles. The standard InChI is InChI=1S/C8H11NO2/c1-2-5-3-6(9)8(11)4-7(5)10/h3-4,10-11H,2,9H2,1H3. The van der Waals surface area contributed by atoms with Gasteiger partial charge in [-0.15, -0.1) is 0 Å². The van der Waals surface area contributed by atoms with Crippen LogP contribution in [-0.2, 0) is 6.42 Å². The largest absolute Gasteiger partial charge is 0.508 e. The van der Waals surface area contributed by atoms with Crippen molar-refractivity contribution in [3.05, 3.63) is 17.7 Å². The predicted molar refractivity (Wildman–Crippen MR) is 43.6 cm³/mol. The number of phenols is 2. The van der Waals surface area contributed by atoms with Gasteiger partial charge in [-0.2, -0.15) is 0 Å². The van der Waals surface area contributed by atoms with Crippen LogP contribution < -0.4 is 5.73 Å². The van der Waals surface area contributed by atoms with Crippen molar-refractivity contribution in [3.8, 4) is 11.5 Å². The molecule has 4 N–H and O–H groups in total. The van der Waals surface area contributed by atoms with Gasteiger partial charge in [0.1, 0.15) is 11.5 Å². The van der Waals surface area contributed by atoms with Crippen LogP contribution in [0.1, 0.15) is 12.5 Å². The SMILES string of the molecule is CCc1cc(N)c(O)cc1O. The number of hydrogen-bond donors (Lipinski definition) is 3. The molecule has 1 rings (SSSR count). The summed E-state index contributed by atoms with van der Waals surface area (Å²) in [5.41, 5.74) is 6.46. The molecule has 0 aliphatic rings. The van der Waals surface area contributed by atoms with Crippen LogP contribution in [0.25, 0.3) is 0 Å². The number of phenolic OH excluding ortho intramolecular Hbond substituents is 2. The lowest BCUT2D eigenvalue weighted by atomic mass is 10.1. The summed E-state index contributed by atoms with van der Waals surface area (Å²) in [4.78, 5) is 0. The second kappa shape index (κ2) is 2.70. The zero-order valence-corrected chi connectivity index (χ0v) is 6.33. The first-order valence-electron chi connectivity index (χ1n) is 3.45. The lowest BCUT2D eigenvalue weighted by Gasteiger charge is -2.04. The second-order valence-corrected chi connectivity index (χ2v) is 2.39. The van der Waals surface area contributed by atoms with Crippen LogP contribution in [0.2, 0.25) is 0 Å². The molecule has 0 unspecified atom stereocenters. The monoisotopic (exact) mass is 153 g/mol.